The Kier molecular flexibility index (Phi) is 6.39. The van der Waals surface area contributed by atoms with Gasteiger partial charge in [0, 0.05) is 5.56 Å². The maximum absolute atomic E-state index is 5.44. The molecule has 0 saturated heterocycles. The molecule has 1 aliphatic carbocycles. The highest BCUT2D eigenvalue weighted by Crippen LogP contribution is 2.38. The molecule has 0 radical (unpaired) electrons. The molecule has 2 N–H and O–H groups in total. The minimum atomic E-state index is 0.446. The molecule has 0 spiro atoms. The first-order valence-electron chi connectivity index (χ1n) is 9.01. The van der Waals surface area contributed by atoms with E-state index in [1.807, 2.05) is 0 Å². The summed E-state index contributed by atoms with van der Waals surface area (Å²) in [5.41, 5.74) is 1.66. The fourth-order valence-corrected chi connectivity index (χ4v) is 3.78. The van der Waals surface area contributed by atoms with E-state index in [0.717, 1.165) is 30.0 Å². The van der Waals surface area contributed by atoms with E-state index < -0.39 is 0 Å². The lowest BCUT2D eigenvalue weighted by Crippen LogP contribution is -2.88. The molecule has 0 heterocycles. The van der Waals surface area contributed by atoms with Gasteiger partial charge in [0.05, 0.1) is 27.4 Å². The molecule has 0 bridgehead atoms. The number of rotatable bonds is 6. The van der Waals surface area contributed by atoms with Crippen LogP contribution in [0.25, 0.3) is 0 Å². The quantitative estimate of drug-likeness (QED) is 0.866. The molecule has 136 valence electrons. The standard InChI is InChI=1S/C20H33NO3/c1-20(2,3)15-7-9-16(10-8-15)21-13-14-11-17(22-4)19(24-6)18(12-14)23-5/h11-12,15-16,21H,7-10,13H2,1-6H3/p+1. The van der Waals surface area contributed by atoms with E-state index in [2.05, 4.69) is 38.2 Å². The molecular formula is C20H34NO3+. The van der Waals surface area contributed by atoms with Crippen LogP contribution in [0.4, 0.5) is 0 Å². The highest BCUT2D eigenvalue weighted by molar-refractivity contribution is 5.53. The molecule has 4 nitrogen and oxygen atoms in total. The van der Waals surface area contributed by atoms with Gasteiger partial charge in [0.2, 0.25) is 5.75 Å². The van der Waals surface area contributed by atoms with E-state index in [1.54, 1.807) is 21.3 Å². The van der Waals surface area contributed by atoms with Crippen molar-refractivity contribution < 1.29 is 19.5 Å². The van der Waals surface area contributed by atoms with Crippen molar-refractivity contribution in [2.45, 2.75) is 59.0 Å². The van der Waals surface area contributed by atoms with Gasteiger partial charge in [0.25, 0.3) is 0 Å². The van der Waals surface area contributed by atoms with E-state index in [0.29, 0.717) is 11.2 Å². The van der Waals surface area contributed by atoms with Crippen molar-refractivity contribution in [1.29, 1.82) is 0 Å². The minimum Gasteiger partial charge on any atom is -0.493 e. The number of hydrogen-bond acceptors (Lipinski definition) is 3. The lowest BCUT2D eigenvalue weighted by atomic mass is 9.71. The molecule has 1 saturated carbocycles. The van der Waals surface area contributed by atoms with Crippen LogP contribution in [0.1, 0.15) is 52.0 Å². The summed E-state index contributed by atoms with van der Waals surface area (Å²) >= 11 is 0. The Morgan fingerprint density at radius 1 is 0.917 bits per heavy atom. The maximum Gasteiger partial charge on any atom is 0.203 e. The summed E-state index contributed by atoms with van der Waals surface area (Å²) in [7, 11) is 4.97. The van der Waals surface area contributed by atoms with E-state index in [9.17, 15) is 0 Å². The number of benzene rings is 1. The van der Waals surface area contributed by atoms with Gasteiger partial charge in [-0.2, -0.15) is 0 Å². The lowest BCUT2D eigenvalue weighted by Gasteiger charge is -2.36. The van der Waals surface area contributed by atoms with Gasteiger partial charge < -0.3 is 19.5 Å². The number of quaternary nitrogens is 1. The van der Waals surface area contributed by atoms with Gasteiger partial charge in [-0.05, 0) is 49.1 Å². The molecule has 1 fully saturated rings. The van der Waals surface area contributed by atoms with Crippen molar-refractivity contribution in [2.24, 2.45) is 11.3 Å². The normalized spacial score (nSPS) is 21.4. The van der Waals surface area contributed by atoms with Crippen LogP contribution in [0.2, 0.25) is 0 Å². The molecule has 0 aliphatic heterocycles. The zero-order valence-corrected chi connectivity index (χ0v) is 16.1. The third-order valence-electron chi connectivity index (χ3n) is 5.41. The molecule has 1 aromatic carbocycles. The average Bonchev–Trinajstić information content (AvgIpc) is 2.58. The summed E-state index contributed by atoms with van der Waals surface area (Å²) in [6.07, 6.45) is 5.32. The van der Waals surface area contributed by atoms with Gasteiger partial charge in [-0.25, -0.2) is 0 Å². The van der Waals surface area contributed by atoms with Gasteiger partial charge in [0.1, 0.15) is 6.54 Å². The fourth-order valence-electron chi connectivity index (χ4n) is 3.78. The highest BCUT2D eigenvalue weighted by Gasteiger charge is 2.30. The summed E-state index contributed by atoms with van der Waals surface area (Å²) in [5.74, 6) is 2.99. The molecule has 4 heteroatoms. The molecule has 1 aliphatic rings. The maximum atomic E-state index is 5.44. The van der Waals surface area contributed by atoms with E-state index in [-0.39, 0.29) is 0 Å². The third kappa shape index (κ3) is 4.56. The number of hydrogen-bond donors (Lipinski definition) is 1. The Labute approximate surface area is 146 Å². The number of nitrogens with two attached hydrogens (primary N) is 1. The van der Waals surface area contributed by atoms with Crippen LogP contribution in [0, 0.1) is 11.3 Å². The van der Waals surface area contributed by atoms with E-state index in [1.165, 1.54) is 31.2 Å². The van der Waals surface area contributed by atoms with Crippen LogP contribution >= 0.6 is 0 Å². The summed E-state index contributed by atoms with van der Waals surface area (Å²) in [6, 6.07) is 4.83. The molecule has 24 heavy (non-hydrogen) atoms. The molecule has 0 aromatic heterocycles. The van der Waals surface area contributed by atoms with Crippen LogP contribution in [0.15, 0.2) is 12.1 Å². The second-order valence-electron chi connectivity index (χ2n) is 7.95. The summed E-state index contributed by atoms with van der Waals surface area (Å²) in [4.78, 5) is 0. The second-order valence-corrected chi connectivity index (χ2v) is 7.95. The summed E-state index contributed by atoms with van der Waals surface area (Å²) < 4.78 is 16.3. The van der Waals surface area contributed by atoms with Crippen molar-refractivity contribution in [3.05, 3.63) is 17.7 Å². The monoisotopic (exact) mass is 336 g/mol. The fraction of sp³-hybridized carbons (Fsp3) is 0.700. The Bertz CT molecular complexity index is 503. The van der Waals surface area contributed by atoms with Gasteiger partial charge in [-0.3, -0.25) is 0 Å². The van der Waals surface area contributed by atoms with Gasteiger partial charge >= 0.3 is 0 Å². The second kappa shape index (κ2) is 8.11. The summed E-state index contributed by atoms with van der Waals surface area (Å²) in [6.45, 7) is 8.06. The van der Waals surface area contributed by atoms with Gasteiger partial charge in [-0.1, -0.05) is 20.8 Å². The number of methoxy groups -OCH3 is 3. The zero-order valence-electron chi connectivity index (χ0n) is 16.1. The topological polar surface area (TPSA) is 44.3 Å². The van der Waals surface area contributed by atoms with Gasteiger partial charge in [-0.15, -0.1) is 0 Å². The zero-order chi connectivity index (χ0) is 17.7. The van der Waals surface area contributed by atoms with Crippen molar-refractivity contribution in [3.63, 3.8) is 0 Å². The van der Waals surface area contributed by atoms with Crippen LogP contribution in [0.5, 0.6) is 17.2 Å². The Morgan fingerprint density at radius 3 is 1.88 bits per heavy atom. The molecular weight excluding hydrogens is 302 g/mol. The Hall–Kier alpha value is -1.42. The van der Waals surface area contributed by atoms with Crippen LogP contribution in [-0.2, 0) is 6.54 Å². The van der Waals surface area contributed by atoms with E-state index in [4.69, 9.17) is 14.2 Å². The molecule has 0 unspecified atom stereocenters. The SMILES string of the molecule is COc1cc(C[NH2+]C2CCC(C(C)(C)C)CC2)cc(OC)c1OC. The molecule has 1 aromatic rings. The molecule has 2 rings (SSSR count). The summed E-state index contributed by atoms with van der Waals surface area (Å²) in [5, 5.41) is 2.47. The van der Waals surface area contributed by atoms with Crippen LogP contribution < -0.4 is 19.5 Å². The Morgan fingerprint density at radius 2 is 1.46 bits per heavy atom. The first kappa shape index (κ1) is 18.9. The smallest absolute Gasteiger partial charge is 0.203 e. The first-order chi connectivity index (χ1) is 11.4. The first-order valence-corrected chi connectivity index (χ1v) is 9.01. The molecule has 0 amide bonds. The lowest BCUT2D eigenvalue weighted by molar-refractivity contribution is -0.707. The van der Waals surface area contributed by atoms with Crippen molar-refractivity contribution >= 4 is 0 Å². The minimum absolute atomic E-state index is 0.446. The Balaban J connectivity index is 1.95. The van der Waals surface area contributed by atoms with Crippen LogP contribution in [-0.4, -0.2) is 27.4 Å². The number of ether oxygens (including phenoxy) is 3. The van der Waals surface area contributed by atoms with Crippen LogP contribution in [0.3, 0.4) is 0 Å². The van der Waals surface area contributed by atoms with Crippen molar-refractivity contribution in [2.75, 3.05) is 21.3 Å². The van der Waals surface area contributed by atoms with Crippen molar-refractivity contribution in [3.8, 4) is 17.2 Å². The third-order valence-corrected chi connectivity index (χ3v) is 5.41. The average molecular weight is 336 g/mol. The highest BCUT2D eigenvalue weighted by atomic mass is 16.5. The largest absolute Gasteiger partial charge is 0.493 e. The molecule has 0 atom stereocenters. The van der Waals surface area contributed by atoms with E-state index >= 15 is 0 Å². The predicted molar refractivity (Wildman–Crippen MR) is 96.9 cm³/mol. The van der Waals surface area contributed by atoms with Crippen molar-refractivity contribution in [1.82, 2.24) is 0 Å². The predicted octanol–water partition coefficient (Wildman–Crippen LogP) is 3.38. The van der Waals surface area contributed by atoms with Gasteiger partial charge in [0.15, 0.2) is 11.5 Å².